The summed E-state index contributed by atoms with van der Waals surface area (Å²) in [6.45, 7) is 9.52. The summed E-state index contributed by atoms with van der Waals surface area (Å²) in [5, 5.41) is 15.7. The molecule has 0 spiro atoms. The van der Waals surface area contributed by atoms with Gasteiger partial charge in [-0.3, -0.25) is 4.90 Å². The van der Waals surface area contributed by atoms with Crippen LogP contribution in [0.2, 0.25) is 0 Å². The molecule has 0 radical (unpaired) electrons. The van der Waals surface area contributed by atoms with Crippen LogP contribution in [0.25, 0.3) is 0 Å². The molecule has 21 heavy (non-hydrogen) atoms. The zero-order valence-electron chi connectivity index (χ0n) is 13.9. The second-order valence-electron chi connectivity index (χ2n) is 6.01. The smallest absolute Gasteiger partial charge is 0.314 e. The Kier molecular flexibility index (Phi) is 8.69. The van der Waals surface area contributed by atoms with E-state index in [1.165, 1.54) is 12.8 Å². The van der Waals surface area contributed by atoms with Gasteiger partial charge in [0, 0.05) is 19.1 Å². The van der Waals surface area contributed by atoms with Crippen LogP contribution in [0, 0.1) is 5.92 Å². The van der Waals surface area contributed by atoms with Crippen molar-refractivity contribution in [2.75, 3.05) is 26.2 Å². The molecule has 1 rings (SSSR count). The van der Waals surface area contributed by atoms with Gasteiger partial charge in [-0.2, -0.15) is 0 Å². The fourth-order valence-corrected chi connectivity index (χ4v) is 3.18. The molecule has 2 amide bonds. The fourth-order valence-electron chi connectivity index (χ4n) is 3.18. The van der Waals surface area contributed by atoms with Crippen LogP contribution in [0.15, 0.2) is 0 Å². The Bertz CT molecular complexity index is 295. The molecule has 5 nitrogen and oxygen atoms in total. The second kappa shape index (κ2) is 10.0. The van der Waals surface area contributed by atoms with Gasteiger partial charge in [0.1, 0.15) is 0 Å². The van der Waals surface area contributed by atoms with Gasteiger partial charge in [0.05, 0.1) is 6.10 Å². The lowest BCUT2D eigenvalue weighted by molar-refractivity contribution is 0.103. The van der Waals surface area contributed by atoms with E-state index in [9.17, 15) is 9.90 Å². The van der Waals surface area contributed by atoms with Crippen LogP contribution >= 0.6 is 0 Å². The molecule has 1 aliphatic heterocycles. The first-order valence-electron chi connectivity index (χ1n) is 8.56. The van der Waals surface area contributed by atoms with E-state index in [0.717, 1.165) is 32.4 Å². The quantitative estimate of drug-likeness (QED) is 0.642. The number of aliphatic hydroxyl groups is 1. The van der Waals surface area contributed by atoms with E-state index in [2.05, 4.69) is 36.3 Å². The molecule has 1 heterocycles. The minimum absolute atomic E-state index is 0.165. The van der Waals surface area contributed by atoms with Gasteiger partial charge in [0.25, 0.3) is 0 Å². The minimum atomic E-state index is -0.451. The Balaban J connectivity index is 2.24. The maximum Gasteiger partial charge on any atom is 0.314 e. The van der Waals surface area contributed by atoms with Gasteiger partial charge >= 0.3 is 6.03 Å². The Morgan fingerprint density at radius 2 is 1.95 bits per heavy atom. The lowest BCUT2D eigenvalue weighted by Gasteiger charge is -2.34. The highest BCUT2D eigenvalue weighted by molar-refractivity contribution is 5.73. The van der Waals surface area contributed by atoms with Gasteiger partial charge in [0.2, 0.25) is 0 Å². The van der Waals surface area contributed by atoms with E-state index in [4.69, 9.17) is 0 Å². The average Bonchev–Trinajstić information content (AvgIpc) is 2.52. The molecular weight excluding hydrogens is 266 g/mol. The Morgan fingerprint density at radius 3 is 2.57 bits per heavy atom. The van der Waals surface area contributed by atoms with Gasteiger partial charge in [-0.25, -0.2) is 4.79 Å². The van der Waals surface area contributed by atoms with Crippen LogP contribution in [0.5, 0.6) is 0 Å². The molecule has 2 unspecified atom stereocenters. The van der Waals surface area contributed by atoms with Crippen LogP contribution in [0.1, 0.15) is 52.9 Å². The summed E-state index contributed by atoms with van der Waals surface area (Å²) in [4.78, 5) is 14.3. The zero-order valence-corrected chi connectivity index (χ0v) is 13.9. The molecule has 0 bridgehead atoms. The van der Waals surface area contributed by atoms with Crippen molar-refractivity contribution < 1.29 is 9.90 Å². The van der Waals surface area contributed by atoms with Gasteiger partial charge in [-0.05, 0) is 31.8 Å². The van der Waals surface area contributed by atoms with Crippen molar-refractivity contribution in [2.45, 2.75) is 65.0 Å². The maximum atomic E-state index is 11.8. The molecule has 3 N–H and O–H groups in total. The van der Waals surface area contributed by atoms with E-state index >= 15 is 0 Å². The molecule has 1 aliphatic rings. The van der Waals surface area contributed by atoms with Crippen LogP contribution in [-0.4, -0.2) is 54.4 Å². The van der Waals surface area contributed by atoms with E-state index < -0.39 is 6.10 Å². The second-order valence-corrected chi connectivity index (χ2v) is 6.01. The molecule has 0 aromatic heterocycles. The lowest BCUT2D eigenvalue weighted by atomic mass is 9.97. The van der Waals surface area contributed by atoms with Crippen molar-refractivity contribution in [3.63, 3.8) is 0 Å². The Hall–Kier alpha value is -0.810. The molecule has 1 fully saturated rings. The standard InChI is InChI=1S/C16H33N3O2/c1-4-13(5-2)15(20)12-18-16(21)17-11-14-9-7-8-10-19(14)6-3/h13-15,20H,4-12H2,1-3H3,(H2,17,18,21). The normalized spacial score (nSPS) is 21.3. The zero-order chi connectivity index (χ0) is 15.7. The van der Waals surface area contributed by atoms with Crippen LogP contribution in [0.4, 0.5) is 4.79 Å². The summed E-state index contributed by atoms with van der Waals surface area (Å²) in [6.07, 6.45) is 5.09. The number of nitrogens with zero attached hydrogens (tertiary/aromatic N) is 1. The SMILES string of the molecule is CCC(CC)C(O)CNC(=O)NCC1CCCCN1CC. The number of carbonyl (C=O) groups is 1. The van der Waals surface area contributed by atoms with Crippen molar-refractivity contribution >= 4 is 6.03 Å². The lowest BCUT2D eigenvalue weighted by Crippen LogP contribution is -2.49. The molecule has 0 saturated carbocycles. The highest BCUT2D eigenvalue weighted by atomic mass is 16.3. The molecule has 124 valence electrons. The third-order valence-corrected chi connectivity index (χ3v) is 4.72. The number of likely N-dealkylation sites (tertiary alicyclic amines) is 1. The fraction of sp³-hybridized carbons (Fsp3) is 0.938. The third kappa shape index (κ3) is 6.22. The summed E-state index contributed by atoms with van der Waals surface area (Å²) < 4.78 is 0. The first-order valence-corrected chi connectivity index (χ1v) is 8.56. The largest absolute Gasteiger partial charge is 0.391 e. The molecule has 2 atom stereocenters. The number of aliphatic hydroxyl groups excluding tert-OH is 1. The Morgan fingerprint density at radius 1 is 1.24 bits per heavy atom. The summed E-state index contributed by atoms with van der Waals surface area (Å²) >= 11 is 0. The first kappa shape index (κ1) is 18.2. The maximum absolute atomic E-state index is 11.8. The van der Waals surface area contributed by atoms with Gasteiger partial charge in [0.15, 0.2) is 0 Å². The van der Waals surface area contributed by atoms with Gasteiger partial charge in [-0.1, -0.05) is 40.0 Å². The van der Waals surface area contributed by atoms with E-state index in [-0.39, 0.29) is 11.9 Å². The van der Waals surface area contributed by atoms with Crippen LogP contribution in [0.3, 0.4) is 0 Å². The molecule has 1 saturated heterocycles. The third-order valence-electron chi connectivity index (χ3n) is 4.72. The minimum Gasteiger partial charge on any atom is -0.391 e. The monoisotopic (exact) mass is 299 g/mol. The number of rotatable bonds is 8. The van der Waals surface area contributed by atoms with Gasteiger partial charge in [-0.15, -0.1) is 0 Å². The van der Waals surface area contributed by atoms with E-state index in [1.807, 2.05) is 0 Å². The van der Waals surface area contributed by atoms with E-state index in [1.54, 1.807) is 0 Å². The van der Waals surface area contributed by atoms with E-state index in [0.29, 0.717) is 19.1 Å². The van der Waals surface area contributed by atoms with Crippen molar-refractivity contribution in [3.8, 4) is 0 Å². The number of hydrogen-bond donors (Lipinski definition) is 3. The van der Waals surface area contributed by atoms with Crippen LogP contribution < -0.4 is 10.6 Å². The molecule has 0 aromatic rings. The molecular formula is C16H33N3O2. The van der Waals surface area contributed by atoms with Crippen LogP contribution in [-0.2, 0) is 0 Å². The van der Waals surface area contributed by atoms with Gasteiger partial charge < -0.3 is 15.7 Å². The summed E-state index contributed by atoms with van der Waals surface area (Å²) in [6, 6.07) is 0.292. The number of amides is 2. The average molecular weight is 299 g/mol. The number of urea groups is 1. The number of piperidine rings is 1. The summed E-state index contributed by atoms with van der Waals surface area (Å²) in [7, 11) is 0. The topological polar surface area (TPSA) is 64.6 Å². The number of hydrogen-bond acceptors (Lipinski definition) is 3. The molecule has 0 aliphatic carbocycles. The number of likely N-dealkylation sites (N-methyl/N-ethyl adjacent to an activating group) is 1. The number of carbonyl (C=O) groups excluding carboxylic acids is 1. The predicted octanol–water partition coefficient (Wildman–Crippen LogP) is 1.96. The first-order chi connectivity index (χ1) is 10.1. The summed E-state index contributed by atoms with van der Waals surface area (Å²) in [5.74, 6) is 0.263. The van der Waals surface area contributed by atoms with Crippen molar-refractivity contribution in [2.24, 2.45) is 5.92 Å². The highest BCUT2D eigenvalue weighted by Crippen LogP contribution is 2.15. The summed E-state index contributed by atoms with van der Waals surface area (Å²) in [5.41, 5.74) is 0. The number of nitrogens with one attached hydrogen (secondary N) is 2. The predicted molar refractivity (Wildman–Crippen MR) is 86.4 cm³/mol. The van der Waals surface area contributed by atoms with Crippen molar-refractivity contribution in [1.82, 2.24) is 15.5 Å². The molecule has 0 aromatic carbocycles. The Labute approximate surface area is 129 Å². The van der Waals surface area contributed by atoms with Crippen molar-refractivity contribution in [1.29, 1.82) is 0 Å². The highest BCUT2D eigenvalue weighted by Gasteiger charge is 2.21. The van der Waals surface area contributed by atoms with Crippen molar-refractivity contribution in [3.05, 3.63) is 0 Å². The molecule has 5 heteroatoms.